The van der Waals surface area contributed by atoms with Crippen LogP contribution in [0.5, 0.6) is 11.5 Å². The third-order valence-electron chi connectivity index (χ3n) is 3.20. The molecular weight excluding hydrogens is 396 g/mol. The first-order chi connectivity index (χ1) is 12.0. The molecule has 0 N–H and O–H groups in total. The number of nitrogens with zero attached hydrogens (tertiary/aromatic N) is 1. The van der Waals surface area contributed by atoms with Gasteiger partial charge in [-0.15, -0.1) is 0 Å². The summed E-state index contributed by atoms with van der Waals surface area (Å²) in [7, 11) is 1.41. The van der Waals surface area contributed by atoms with Gasteiger partial charge in [0, 0.05) is 10.0 Å². The highest BCUT2D eigenvalue weighted by Gasteiger charge is 2.18. The third-order valence-corrected chi connectivity index (χ3v) is 3.70. The maximum atomic E-state index is 12.6. The first-order valence-electron chi connectivity index (χ1n) is 7.00. The minimum atomic E-state index is -3.02. The Balaban J connectivity index is 2.49. The van der Waals surface area contributed by atoms with Crippen LogP contribution in [0.1, 0.15) is 15.9 Å². The highest BCUT2D eigenvalue weighted by molar-refractivity contribution is 9.10. The van der Waals surface area contributed by atoms with E-state index in [0.29, 0.717) is 10.2 Å². The van der Waals surface area contributed by atoms with Crippen molar-refractivity contribution in [2.75, 3.05) is 7.11 Å². The van der Waals surface area contributed by atoms with Crippen LogP contribution in [-0.4, -0.2) is 19.5 Å². The lowest BCUT2D eigenvalue weighted by molar-refractivity contribution is -0.0499. The number of alkyl halides is 2. The number of rotatable bonds is 6. The molecule has 0 aliphatic heterocycles. The van der Waals surface area contributed by atoms with Crippen LogP contribution in [-0.2, 0) is 0 Å². The fraction of sp³-hybridized carbons (Fsp3) is 0.111. The SMILES string of the molecule is COc1ccccc1C(=O)/C(C#N)=C/c1cc(Br)ccc1OC(F)F. The second-order valence-electron chi connectivity index (χ2n) is 4.76. The molecule has 0 atom stereocenters. The van der Waals surface area contributed by atoms with E-state index in [9.17, 15) is 18.8 Å². The Labute approximate surface area is 151 Å². The number of ether oxygens (including phenoxy) is 2. The number of methoxy groups -OCH3 is 1. The van der Waals surface area contributed by atoms with Gasteiger partial charge in [-0.25, -0.2) is 0 Å². The standard InChI is InChI=1S/C18H12BrF2NO3/c1-24-16-5-3-2-4-14(16)17(23)12(10-22)8-11-9-13(19)6-7-15(11)25-18(20)21/h2-9,18H,1H3/b12-8+. The van der Waals surface area contributed by atoms with Crippen molar-refractivity contribution in [2.45, 2.75) is 6.61 Å². The number of Topliss-reactive ketones (excluding diaryl/α,β-unsaturated/α-hetero) is 1. The van der Waals surface area contributed by atoms with Crippen LogP contribution >= 0.6 is 15.9 Å². The topological polar surface area (TPSA) is 59.3 Å². The van der Waals surface area contributed by atoms with Crippen LogP contribution in [0.3, 0.4) is 0 Å². The van der Waals surface area contributed by atoms with Crippen molar-refractivity contribution < 1.29 is 23.0 Å². The number of ketones is 1. The predicted octanol–water partition coefficient (Wildman–Crippen LogP) is 4.85. The summed E-state index contributed by atoms with van der Waals surface area (Å²) in [6.07, 6.45) is 1.21. The molecule has 0 saturated carbocycles. The van der Waals surface area contributed by atoms with Crippen molar-refractivity contribution in [3.8, 4) is 17.6 Å². The smallest absolute Gasteiger partial charge is 0.387 e. The van der Waals surface area contributed by atoms with E-state index in [1.165, 1.54) is 37.5 Å². The molecule has 0 radical (unpaired) electrons. The van der Waals surface area contributed by atoms with Gasteiger partial charge in [-0.3, -0.25) is 4.79 Å². The molecule has 0 saturated heterocycles. The maximum Gasteiger partial charge on any atom is 0.387 e. The Morgan fingerprint density at radius 1 is 1.24 bits per heavy atom. The van der Waals surface area contributed by atoms with Gasteiger partial charge in [0.25, 0.3) is 0 Å². The number of hydrogen-bond acceptors (Lipinski definition) is 4. The number of nitriles is 1. The van der Waals surface area contributed by atoms with E-state index in [1.807, 2.05) is 0 Å². The van der Waals surface area contributed by atoms with Crippen molar-refractivity contribution in [2.24, 2.45) is 0 Å². The molecule has 2 rings (SSSR count). The number of carbonyl (C=O) groups is 1. The number of halogens is 3. The summed E-state index contributed by atoms with van der Waals surface area (Å²) in [6.45, 7) is -3.02. The zero-order chi connectivity index (χ0) is 18.4. The van der Waals surface area contributed by atoms with Crippen molar-refractivity contribution in [3.05, 3.63) is 63.6 Å². The molecule has 128 valence electrons. The van der Waals surface area contributed by atoms with E-state index in [2.05, 4.69) is 20.7 Å². The molecule has 2 aromatic rings. The molecule has 0 fully saturated rings. The van der Waals surface area contributed by atoms with Gasteiger partial charge in [-0.05, 0) is 36.4 Å². The lowest BCUT2D eigenvalue weighted by Gasteiger charge is -2.10. The molecule has 25 heavy (non-hydrogen) atoms. The number of allylic oxidation sites excluding steroid dienone is 1. The molecule has 0 aliphatic carbocycles. The quantitative estimate of drug-likeness (QED) is 0.390. The molecule has 0 amide bonds. The zero-order valence-electron chi connectivity index (χ0n) is 13.0. The number of hydrogen-bond donors (Lipinski definition) is 0. The molecule has 2 aromatic carbocycles. The monoisotopic (exact) mass is 407 g/mol. The van der Waals surface area contributed by atoms with E-state index < -0.39 is 12.4 Å². The van der Waals surface area contributed by atoms with Gasteiger partial charge >= 0.3 is 6.61 Å². The van der Waals surface area contributed by atoms with Gasteiger partial charge in [0.1, 0.15) is 23.1 Å². The maximum absolute atomic E-state index is 12.6. The van der Waals surface area contributed by atoms with Crippen LogP contribution < -0.4 is 9.47 Å². The average molecular weight is 408 g/mol. The highest BCUT2D eigenvalue weighted by Crippen LogP contribution is 2.28. The van der Waals surface area contributed by atoms with E-state index >= 15 is 0 Å². The largest absolute Gasteiger partial charge is 0.496 e. The molecule has 0 heterocycles. The van der Waals surface area contributed by atoms with Crippen molar-refractivity contribution in [1.82, 2.24) is 0 Å². The second kappa shape index (κ2) is 8.40. The van der Waals surface area contributed by atoms with E-state index in [4.69, 9.17) is 4.74 Å². The summed E-state index contributed by atoms with van der Waals surface area (Å²) >= 11 is 3.22. The van der Waals surface area contributed by atoms with Gasteiger partial charge in [0.15, 0.2) is 0 Å². The Morgan fingerprint density at radius 3 is 2.60 bits per heavy atom. The molecule has 0 aliphatic rings. The Morgan fingerprint density at radius 2 is 1.96 bits per heavy atom. The van der Waals surface area contributed by atoms with Crippen molar-refractivity contribution in [3.63, 3.8) is 0 Å². The number of benzene rings is 2. The minimum Gasteiger partial charge on any atom is -0.496 e. The Bertz CT molecular complexity index is 860. The van der Waals surface area contributed by atoms with E-state index in [0.717, 1.165) is 0 Å². The molecule has 7 heteroatoms. The molecule has 4 nitrogen and oxygen atoms in total. The van der Waals surface area contributed by atoms with Crippen LogP contribution in [0.4, 0.5) is 8.78 Å². The molecule has 0 aromatic heterocycles. The normalized spacial score (nSPS) is 11.1. The lowest BCUT2D eigenvalue weighted by atomic mass is 10.0. The summed E-state index contributed by atoms with van der Waals surface area (Å²) in [4.78, 5) is 12.6. The van der Waals surface area contributed by atoms with Gasteiger partial charge in [0.05, 0.1) is 12.7 Å². The van der Waals surface area contributed by atoms with Crippen molar-refractivity contribution in [1.29, 1.82) is 5.26 Å². The molecule has 0 bridgehead atoms. The minimum absolute atomic E-state index is 0.140. The highest BCUT2D eigenvalue weighted by atomic mass is 79.9. The summed E-state index contributed by atoms with van der Waals surface area (Å²) in [5, 5.41) is 9.34. The van der Waals surface area contributed by atoms with Gasteiger partial charge < -0.3 is 9.47 Å². The Kier molecular flexibility index (Phi) is 6.25. The Hall–Kier alpha value is -2.72. The lowest BCUT2D eigenvalue weighted by Crippen LogP contribution is -2.06. The van der Waals surface area contributed by atoms with Gasteiger partial charge in [-0.2, -0.15) is 14.0 Å². The first kappa shape index (κ1) is 18.6. The van der Waals surface area contributed by atoms with Crippen LogP contribution in [0.2, 0.25) is 0 Å². The third kappa shape index (κ3) is 4.64. The van der Waals surface area contributed by atoms with Gasteiger partial charge in [-0.1, -0.05) is 28.1 Å². The first-order valence-corrected chi connectivity index (χ1v) is 7.79. The van der Waals surface area contributed by atoms with E-state index in [1.54, 1.807) is 24.3 Å². The summed E-state index contributed by atoms with van der Waals surface area (Å²) in [5.41, 5.74) is 0.139. The summed E-state index contributed by atoms with van der Waals surface area (Å²) in [5.74, 6) is -0.409. The van der Waals surface area contributed by atoms with Crippen molar-refractivity contribution >= 4 is 27.8 Å². The molecule has 0 spiro atoms. The van der Waals surface area contributed by atoms with Crippen LogP contribution in [0.15, 0.2) is 52.5 Å². The van der Waals surface area contributed by atoms with E-state index in [-0.39, 0.29) is 22.4 Å². The van der Waals surface area contributed by atoms with Crippen LogP contribution in [0, 0.1) is 11.3 Å². The molecule has 0 unspecified atom stereocenters. The second-order valence-corrected chi connectivity index (χ2v) is 5.68. The average Bonchev–Trinajstić information content (AvgIpc) is 2.60. The number of para-hydroxylation sites is 1. The summed E-state index contributed by atoms with van der Waals surface area (Å²) < 4.78 is 35.2. The van der Waals surface area contributed by atoms with Crippen LogP contribution in [0.25, 0.3) is 6.08 Å². The fourth-order valence-corrected chi connectivity index (χ4v) is 2.50. The zero-order valence-corrected chi connectivity index (χ0v) is 14.6. The molecular formula is C18H12BrF2NO3. The number of carbonyl (C=O) groups excluding carboxylic acids is 1. The predicted molar refractivity (Wildman–Crippen MR) is 91.7 cm³/mol. The summed E-state index contributed by atoms with van der Waals surface area (Å²) in [6, 6.07) is 12.5. The van der Waals surface area contributed by atoms with Gasteiger partial charge in [0.2, 0.25) is 5.78 Å². The fourth-order valence-electron chi connectivity index (χ4n) is 2.12.